The zero-order valence-electron chi connectivity index (χ0n) is 15.8. The van der Waals surface area contributed by atoms with Crippen LogP contribution in [0.1, 0.15) is 21.7 Å². The summed E-state index contributed by atoms with van der Waals surface area (Å²) in [5.74, 6) is -1.41. The lowest BCUT2D eigenvalue weighted by molar-refractivity contribution is -0.115. The molecule has 4 rings (SSSR count). The molecule has 2 aromatic carbocycles. The van der Waals surface area contributed by atoms with Crippen LogP contribution >= 0.6 is 11.8 Å². The molecule has 7 nitrogen and oxygen atoms in total. The molecule has 1 aliphatic heterocycles. The van der Waals surface area contributed by atoms with Crippen molar-refractivity contribution in [2.75, 3.05) is 0 Å². The molecule has 0 spiro atoms. The maximum atomic E-state index is 13.0. The lowest BCUT2D eigenvalue weighted by atomic mass is 10.1. The second kappa shape index (κ2) is 8.49. The van der Waals surface area contributed by atoms with Gasteiger partial charge in [-0.1, -0.05) is 18.2 Å². The number of aromatic hydroxyl groups is 1. The van der Waals surface area contributed by atoms with E-state index >= 15 is 0 Å². The molecule has 1 aromatic heterocycles. The van der Waals surface area contributed by atoms with E-state index in [1.807, 2.05) is 0 Å². The number of furan rings is 1. The molecule has 0 aliphatic carbocycles. The van der Waals surface area contributed by atoms with Gasteiger partial charge in [-0.05, 0) is 53.7 Å². The van der Waals surface area contributed by atoms with Crippen LogP contribution in [-0.2, 0) is 11.3 Å². The van der Waals surface area contributed by atoms with Gasteiger partial charge in [0.1, 0.15) is 28.7 Å². The maximum Gasteiger partial charge on any atom is 0.339 e. The fourth-order valence-corrected chi connectivity index (χ4v) is 3.63. The van der Waals surface area contributed by atoms with Gasteiger partial charge in [-0.15, -0.1) is 0 Å². The van der Waals surface area contributed by atoms with Crippen molar-refractivity contribution in [3.05, 3.63) is 82.2 Å². The number of carboxylic acids is 1. The van der Waals surface area contributed by atoms with Gasteiger partial charge in [0.25, 0.3) is 5.91 Å². The molecule has 0 atom stereocenters. The number of hydrogen-bond acceptors (Lipinski definition) is 6. The number of thioether (sulfide) groups is 1. The number of aliphatic imine (C=N–C) groups is 1. The molecule has 0 saturated carbocycles. The number of nitrogens with one attached hydrogen (secondary N) is 1. The van der Waals surface area contributed by atoms with E-state index in [9.17, 15) is 19.1 Å². The fraction of sp³-hybridized carbons (Fsp3) is 0.0455. The van der Waals surface area contributed by atoms with Crippen LogP contribution in [0.5, 0.6) is 5.75 Å². The normalized spacial score (nSPS) is 16.1. The molecule has 3 aromatic rings. The summed E-state index contributed by atoms with van der Waals surface area (Å²) < 4.78 is 18.7. The summed E-state index contributed by atoms with van der Waals surface area (Å²) in [6, 6.07) is 13.4. The van der Waals surface area contributed by atoms with Crippen LogP contribution in [0.4, 0.5) is 4.39 Å². The molecule has 1 aliphatic rings. The summed E-state index contributed by atoms with van der Waals surface area (Å²) >= 11 is 1.16. The van der Waals surface area contributed by atoms with Crippen molar-refractivity contribution in [2.45, 2.75) is 6.54 Å². The first kappa shape index (κ1) is 20.4. The van der Waals surface area contributed by atoms with Gasteiger partial charge < -0.3 is 19.9 Å². The van der Waals surface area contributed by atoms with E-state index in [1.165, 1.54) is 30.3 Å². The topological polar surface area (TPSA) is 112 Å². The molecule has 2 heterocycles. The first-order valence-corrected chi connectivity index (χ1v) is 9.87. The third-order valence-corrected chi connectivity index (χ3v) is 5.33. The molecule has 1 fully saturated rings. The van der Waals surface area contributed by atoms with Gasteiger partial charge in [0.2, 0.25) is 0 Å². The highest BCUT2D eigenvalue weighted by molar-refractivity contribution is 8.18. The van der Waals surface area contributed by atoms with E-state index in [0.29, 0.717) is 33.7 Å². The number of carboxylic acid groups (broad SMARTS) is 1. The van der Waals surface area contributed by atoms with E-state index in [0.717, 1.165) is 17.3 Å². The average Bonchev–Trinajstić information content (AvgIpc) is 3.34. The first-order chi connectivity index (χ1) is 14.9. The zero-order chi connectivity index (χ0) is 22.0. The fourth-order valence-electron chi connectivity index (χ4n) is 2.83. The molecule has 0 radical (unpaired) electrons. The van der Waals surface area contributed by atoms with Crippen molar-refractivity contribution in [3.8, 4) is 17.1 Å². The van der Waals surface area contributed by atoms with Crippen LogP contribution in [0.15, 0.2) is 68.9 Å². The first-order valence-electron chi connectivity index (χ1n) is 9.05. The standard InChI is InChI=1S/C22H15FN2O5S/c23-14-4-1-12(2-5-14)11-24-22-25-20(27)19(31-22)10-15-6-8-18(30-15)13-3-7-16(21(28)29)17(26)9-13/h1-10,26H,11H2,(H,28,29)(H,24,25,27)/b19-10-. The van der Waals surface area contributed by atoms with Crippen molar-refractivity contribution < 1.29 is 28.6 Å². The Bertz CT molecular complexity index is 1230. The number of carbonyl (C=O) groups is 2. The molecular weight excluding hydrogens is 423 g/mol. The highest BCUT2D eigenvalue weighted by Gasteiger charge is 2.24. The number of halogens is 1. The Labute approximate surface area is 179 Å². The minimum atomic E-state index is -1.23. The maximum absolute atomic E-state index is 13.0. The second-order valence-electron chi connectivity index (χ2n) is 6.55. The molecule has 156 valence electrons. The van der Waals surface area contributed by atoms with Gasteiger partial charge in [-0.25, -0.2) is 9.18 Å². The van der Waals surface area contributed by atoms with Crippen LogP contribution in [0.3, 0.4) is 0 Å². The molecule has 9 heteroatoms. The Hall–Kier alpha value is -3.85. The van der Waals surface area contributed by atoms with Crippen LogP contribution in [0.2, 0.25) is 0 Å². The Kier molecular flexibility index (Phi) is 5.59. The average molecular weight is 438 g/mol. The molecule has 3 N–H and O–H groups in total. The van der Waals surface area contributed by atoms with Crippen molar-refractivity contribution >= 4 is 34.9 Å². The SMILES string of the molecule is O=C1NC(=NCc2ccc(F)cc2)S/C1=C\c1ccc(-c2ccc(C(=O)O)c(O)c2)o1. The second-order valence-corrected chi connectivity index (χ2v) is 7.58. The molecule has 31 heavy (non-hydrogen) atoms. The summed E-state index contributed by atoms with van der Waals surface area (Å²) in [5.41, 5.74) is 1.11. The van der Waals surface area contributed by atoms with Gasteiger partial charge in [0.15, 0.2) is 5.17 Å². The van der Waals surface area contributed by atoms with Gasteiger partial charge in [0.05, 0.1) is 11.4 Å². The van der Waals surface area contributed by atoms with E-state index in [1.54, 1.807) is 30.3 Å². The minimum absolute atomic E-state index is 0.205. The van der Waals surface area contributed by atoms with E-state index in [2.05, 4.69) is 10.3 Å². The van der Waals surface area contributed by atoms with Gasteiger partial charge in [-0.3, -0.25) is 9.79 Å². The van der Waals surface area contributed by atoms with Crippen molar-refractivity contribution in [2.24, 2.45) is 4.99 Å². The van der Waals surface area contributed by atoms with Crippen LogP contribution in [0.25, 0.3) is 17.4 Å². The van der Waals surface area contributed by atoms with Gasteiger partial charge >= 0.3 is 5.97 Å². The predicted octanol–water partition coefficient (Wildman–Crippen LogP) is 4.25. The number of nitrogens with zero attached hydrogens (tertiary/aromatic N) is 1. The number of benzene rings is 2. The van der Waals surface area contributed by atoms with Crippen molar-refractivity contribution in [3.63, 3.8) is 0 Å². The summed E-state index contributed by atoms with van der Waals surface area (Å²) in [6.07, 6.45) is 1.56. The van der Waals surface area contributed by atoms with Crippen LogP contribution in [-0.4, -0.2) is 27.3 Å². The third-order valence-electron chi connectivity index (χ3n) is 4.38. The Morgan fingerprint density at radius 2 is 1.94 bits per heavy atom. The predicted molar refractivity (Wildman–Crippen MR) is 114 cm³/mol. The van der Waals surface area contributed by atoms with Gasteiger partial charge in [-0.2, -0.15) is 0 Å². The zero-order valence-corrected chi connectivity index (χ0v) is 16.6. The number of aromatic carboxylic acids is 1. The summed E-state index contributed by atoms with van der Waals surface area (Å²) in [7, 11) is 0. The number of hydrogen-bond donors (Lipinski definition) is 3. The smallest absolute Gasteiger partial charge is 0.339 e. The van der Waals surface area contributed by atoms with E-state index in [-0.39, 0.29) is 23.0 Å². The minimum Gasteiger partial charge on any atom is -0.507 e. The lowest BCUT2D eigenvalue weighted by Crippen LogP contribution is -2.19. The number of rotatable bonds is 5. The number of carbonyl (C=O) groups excluding carboxylic acids is 1. The molecule has 0 unspecified atom stereocenters. The van der Waals surface area contributed by atoms with Gasteiger partial charge in [0, 0.05) is 11.6 Å². The third kappa shape index (κ3) is 4.67. The lowest BCUT2D eigenvalue weighted by Gasteiger charge is -2.02. The largest absolute Gasteiger partial charge is 0.507 e. The van der Waals surface area contributed by atoms with E-state index < -0.39 is 5.97 Å². The highest BCUT2D eigenvalue weighted by atomic mass is 32.2. The van der Waals surface area contributed by atoms with Crippen LogP contribution in [0, 0.1) is 5.82 Å². The number of amides is 1. The summed E-state index contributed by atoms with van der Waals surface area (Å²) in [4.78, 5) is 27.9. The number of phenols is 1. The summed E-state index contributed by atoms with van der Waals surface area (Å²) in [6.45, 7) is 0.302. The molecular formula is C22H15FN2O5S. The van der Waals surface area contributed by atoms with Crippen LogP contribution < -0.4 is 5.32 Å². The Morgan fingerprint density at radius 1 is 1.16 bits per heavy atom. The molecule has 0 bridgehead atoms. The quantitative estimate of drug-likeness (QED) is 0.514. The number of amidine groups is 1. The Morgan fingerprint density at radius 3 is 2.65 bits per heavy atom. The van der Waals surface area contributed by atoms with Crippen molar-refractivity contribution in [1.29, 1.82) is 0 Å². The van der Waals surface area contributed by atoms with E-state index in [4.69, 9.17) is 9.52 Å². The monoisotopic (exact) mass is 438 g/mol. The molecule has 1 saturated heterocycles. The molecule has 1 amide bonds. The Balaban J connectivity index is 1.48. The van der Waals surface area contributed by atoms with Crippen molar-refractivity contribution in [1.82, 2.24) is 5.32 Å². The summed E-state index contributed by atoms with van der Waals surface area (Å²) in [5, 5.41) is 21.9. The highest BCUT2D eigenvalue weighted by Crippen LogP contribution is 2.31.